The molecule has 1 heterocycles. The van der Waals surface area contributed by atoms with Crippen molar-refractivity contribution >= 4 is 11.9 Å². The molecule has 128 valence electrons. The molecule has 0 aliphatic heterocycles. The first-order valence-corrected chi connectivity index (χ1v) is 7.99. The van der Waals surface area contributed by atoms with Crippen molar-refractivity contribution in [2.45, 2.75) is 45.2 Å². The number of ether oxygens (including phenoxy) is 1. The highest BCUT2D eigenvalue weighted by molar-refractivity contribution is 5.97. The summed E-state index contributed by atoms with van der Waals surface area (Å²) < 4.78 is 6.78. The maximum absolute atomic E-state index is 12.3. The fourth-order valence-corrected chi connectivity index (χ4v) is 3.06. The number of amides is 1. The molecule has 1 aliphatic carbocycles. The minimum atomic E-state index is -1.05. The molecule has 0 unspecified atom stereocenters. The van der Waals surface area contributed by atoms with E-state index in [9.17, 15) is 14.7 Å². The molecule has 23 heavy (non-hydrogen) atoms. The topological polar surface area (TPSA) is 106 Å². The van der Waals surface area contributed by atoms with Crippen molar-refractivity contribution in [3.63, 3.8) is 0 Å². The molecule has 0 saturated heterocycles. The van der Waals surface area contributed by atoms with Crippen molar-refractivity contribution in [3.8, 4) is 0 Å². The Labute approximate surface area is 135 Å². The second-order valence-electron chi connectivity index (χ2n) is 5.87. The van der Waals surface area contributed by atoms with Gasteiger partial charge in [-0.05, 0) is 18.8 Å². The van der Waals surface area contributed by atoms with Crippen LogP contribution in [0.4, 0.5) is 0 Å². The number of aliphatic carboxylic acids is 1. The largest absolute Gasteiger partial charge is 0.481 e. The van der Waals surface area contributed by atoms with E-state index in [1.807, 2.05) is 0 Å². The van der Waals surface area contributed by atoms with Crippen LogP contribution in [0.25, 0.3) is 0 Å². The van der Waals surface area contributed by atoms with Gasteiger partial charge >= 0.3 is 5.97 Å². The Hall–Kier alpha value is -1.96. The van der Waals surface area contributed by atoms with Crippen LogP contribution < -0.4 is 5.32 Å². The van der Waals surface area contributed by atoms with Crippen LogP contribution in [0.15, 0.2) is 6.33 Å². The van der Waals surface area contributed by atoms with Gasteiger partial charge in [0.1, 0.15) is 12.2 Å². The van der Waals surface area contributed by atoms with Gasteiger partial charge in [-0.2, -0.15) is 0 Å². The molecule has 0 spiro atoms. The lowest BCUT2D eigenvalue weighted by Crippen LogP contribution is -2.40. The number of rotatable bonds is 8. The Bertz CT molecular complexity index is 525. The van der Waals surface area contributed by atoms with Gasteiger partial charge in [0.25, 0.3) is 0 Å². The Morgan fingerprint density at radius 2 is 2.17 bits per heavy atom. The molecular weight excluding hydrogens is 300 g/mol. The van der Waals surface area contributed by atoms with E-state index in [-0.39, 0.29) is 12.5 Å². The number of carbonyl (C=O) groups is 2. The van der Waals surface area contributed by atoms with E-state index in [0.717, 1.165) is 32.1 Å². The summed E-state index contributed by atoms with van der Waals surface area (Å²) in [5.41, 5.74) is 0. The summed E-state index contributed by atoms with van der Waals surface area (Å²) in [4.78, 5) is 23.8. The fraction of sp³-hybridized carbons (Fsp3) is 0.733. The number of aromatic nitrogens is 3. The summed E-state index contributed by atoms with van der Waals surface area (Å²) in [6.07, 6.45) is 6.27. The van der Waals surface area contributed by atoms with Gasteiger partial charge < -0.3 is 19.7 Å². The van der Waals surface area contributed by atoms with Crippen LogP contribution in [0, 0.1) is 11.8 Å². The third-order valence-electron chi connectivity index (χ3n) is 4.32. The Morgan fingerprint density at radius 3 is 2.83 bits per heavy atom. The second kappa shape index (κ2) is 8.61. The first kappa shape index (κ1) is 17.4. The van der Waals surface area contributed by atoms with Gasteiger partial charge in [0.2, 0.25) is 5.91 Å². The summed E-state index contributed by atoms with van der Waals surface area (Å²) in [6, 6.07) is 0. The van der Waals surface area contributed by atoms with E-state index >= 15 is 0 Å². The van der Waals surface area contributed by atoms with Crippen LogP contribution in [-0.2, 0) is 27.4 Å². The van der Waals surface area contributed by atoms with Crippen molar-refractivity contribution in [1.82, 2.24) is 20.1 Å². The molecule has 8 nitrogen and oxygen atoms in total. The SMILES string of the molecule is COCCn1cnnc1CNC(=O)[C@@H](C(=O)O)C1CCCCC1. The average Bonchev–Trinajstić information content (AvgIpc) is 2.99. The van der Waals surface area contributed by atoms with E-state index in [4.69, 9.17) is 4.74 Å². The molecule has 1 saturated carbocycles. The lowest BCUT2D eigenvalue weighted by Gasteiger charge is -2.26. The van der Waals surface area contributed by atoms with E-state index in [2.05, 4.69) is 15.5 Å². The van der Waals surface area contributed by atoms with Crippen molar-refractivity contribution in [1.29, 1.82) is 0 Å². The Kier molecular flexibility index (Phi) is 6.52. The van der Waals surface area contributed by atoms with Crippen LogP contribution >= 0.6 is 0 Å². The lowest BCUT2D eigenvalue weighted by molar-refractivity contribution is -0.150. The zero-order valence-electron chi connectivity index (χ0n) is 13.4. The maximum Gasteiger partial charge on any atom is 0.316 e. The van der Waals surface area contributed by atoms with Crippen LogP contribution in [0.1, 0.15) is 37.9 Å². The van der Waals surface area contributed by atoms with Gasteiger partial charge in [0.05, 0.1) is 13.2 Å². The number of methoxy groups -OCH3 is 1. The number of carboxylic acids is 1. The Balaban J connectivity index is 1.94. The molecule has 1 fully saturated rings. The molecule has 1 aromatic heterocycles. The monoisotopic (exact) mass is 324 g/mol. The highest BCUT2D eigenvalue weighted by Crippen LogP contribution is 2.30. The van der Waals surface area contributed by atoms with Gasteiger partial charge in [-0.15, -0.1) is 10.2 Å². The van der Waals surface area contributed by atoms with Crippen LogP contribution in [0.3, 0.4) is 0 Å². The quantitative estimate of drug-likeness (QED) is 0.686. The van der Waals surface area contributed by atoms with Crippen molar-refractivity contribution in [2.24, 2.45) is 11.8 Å². The summed E-state index contributed by atoms with van der Waals surface area (Å²) in [5.74, 6) is -1.96. The van der Waals surface area contributed by atoms with Gasteiger partial charge in [-0.3, -0.25) is 9.59 Å². The number of hydrogen-bond acceptors (Lipinski definition) is 5. The predicted molar refractivity (Wildman–Crippen MR) is 81.4 cm³/mol. The zero-order chi connectivity index (χ0) is 16.7. The molecule has 1 atom stereocenters. The van der Waals surface area contributed by atoms with Gasteiger partial charge in [0, 0.05) is 13.7 Å². The number of carboxylic acid groups (broad SMARTS) is 1. The minimum Gasteiger partial charge on any atom is -0.481 e. The van der Waals surface area contributed by atoms with E-state index in [0.29, 0.717) is 19.0 Å². The van der Waals surface area contributed by atoms with Crippen molar-refractivity contribution in [3.05, 3.63) is 12.2 Å². The van der Waals surface area contributed by atoms with Crippen LogP contribution in [0.5, 0.6) is 0 Å². The third-order valence-corrected chi connectivity index (χ3v) is 4.32. The van der Waals surface area contributed by atoms with Gasteiger partial charge in [-0.1, -0.05) is 19.3 Å². The number of nitrogens with zero attached hydrogens (tertiary/aromatic N) is 3. The molecule has 8 heteroatoms. The smallest absolute Gasteiger partial charge is 0.316 e. The zero-order valence-corrected chi connectivity index (χ0v) is 13.4. The summed E-state index contributed by atoms with van der Waals surface area (Å²) >= 11 is 0. The van der Waals surface area contributed by atoms with E-state index in [1.165, 1.54) is 0 Å². The summed E-state index contributed by atoms with van der Waals surface area (Å²) in [5, 5.41) is 19.9. The second-order valence-corrected chi connectivity index (χ2v) is 5.87. The summed E-state index contributed by atoms with van der Waals surface area (Å²) in [7, 11) is 1.60. The number of hydrogen-bond donors (Lipinski definition) is 2. The average molecular weight is 324 g/mol. The van der Waals surface area contributed by atoms with E-state index in [1.54, 1.807) is 18.0 Å². The first-order chi connectivity index (χ1) is 11.1. The maximum atomic E-state index is 12.3. The molecule has 1 aromatic rings. The van der Waals surface area contributed by atoms with Crippen molar-refractivity contribution in [2.75, 3.05) is 13.7 Å². The number of carbonyl (C=O) groups excluding carboxylic acids is 1. The fourth-order valence-electron chi connectivity index (χ4n) is 3.06. The van der Waals surface area contributed by atoms with Gasteiger partial charge in [-0.25, -0.2) is 0 Å². The molecule has 2 rings (SSSR count). The first-order valence-electron chi connectivity index (χ1n) is 7.99. The molecule has 0 bridgehead atoms. The molecule has 0 radical (unpaired) electrons. The predicted octanol–water partition coefficient (Wildman–Crippen LogP) is 0.822. The molecule has 1 aliphatic rings. The third kappa shape index (κ3) is 4.75. The summed E-state index contributed by atoms with van der Waals surface area (Å²) in [6.45, 7) is 1.26. The highest BCUT2D eigenvalue weighted by atomic mass is 16.5. The van der Waals surface area contributed by atoms with E-state index < -0.39 is 17.8 Å². The van der Waals surface area contributed by atoms with Crippen LogP contribution in [0.2, 0.25) is 0 Å². The molecular formula is C15H24N4O4. The molecule has 2 N–H and O–H groups in total. The number of nitrogens with one attached hydrogen (secondary N) is 1. The Morgan fingerprint density at radius 1 is 1.43 bits per heavy atom. The van der Waals surface area contributed by atoms with Crippen molar-refractivity contribution < 1.29 is 19.4 Å². The molecule has 1 amide bonds. The lowest BCUT2D eigenvalue weighted by atomic mass is 9.79. The highest BCUT2D eigenvalue weighted by Gasteiger charge is 2.35. The standard InChI is InChI=1S/C15H24N4O4/c1-23-8-7-19-10-17-18-12(19)9-16-14(20)13(15(21)22)11-5-3-2-4-6-11/h10-11,13H,2-9H2,1H3,(H,16,20)(H,21,22)/t13-/m0/s1. The molecule has 0 aromatic carbocycles. The minimum absolute atomic E-state index is 0.0763. The van der Waals surface area contributed by atoms with Gasteiger partial charge in [0.15, 0.2) is 5.82 Å². The normalized spacial score (nSPS) is 16.9. The van der Waals surface area contributed by atoms with Crippen LogP contribution in [-0.4, -0.2) is 45.5 Å².